The molecule has 0 spiro atoms. The van der Waals surface area contributed by atoms with Gasteiger partial charge in [-0.1, -0.05) is 25.1 Å². The van der Waals surface area contributed by atoms with E-state index >= 15 is 0 Å². The molecule has 0 aliphatic heterocycles. The molecule has 0 saturated heterocycles. The maximum atomic E-state index is 5.71. The quantitative estimate of drug-likeness (QED) is 0.603. The van der Waals surface area contributed by atoms with Gasteiger partial charge >= 0.3 is 0 Å². The molecule has 1 nitrogen and oxygen atoms in total. The van der Waals surface area contributed by atoms with Crippen LogP contribution in [0.4, 0.5) is 0 Å². The van der Waals surface area contributed by atoms with Crippen LogP contribution >= 0.6 is 24.2 Å². The molecule has 2 N–H and O–H groups in total. The van der Waals surface area contributed by atoms with Crippen molar-refractivity contribution in [2.45, 2.75) is 17.2 Å². The summed E-state index contributed by atoms with van der Waals surface area (Å²) in [6, 6.07) is 10.2. The van der Waals surface area contributed by atoms with Crippen molar-refractivity contribution >= 4 is 24.2 Å². The molecule has 0 saturated carbocycles. The summed E-state index contributed by atoms with van der Waals surface area (Å²) in [5.41, 5.74) is 5.71. The lowest BCUT2D eigenvalue weighted by atomic mass is 10.4. The van der Waals surface area contributed by atoms with Crippen molar-refractivity contribution in [2.24, 2.45) is 5.73 Å². The van der Waals surface area contributed by atoms with Crippen LogP contribution in [-0.4, -0.2) is 5.37 Å². The van der Waals surface area contributed by atoms with Gasteiger partial charge in [0.25, 0.3) is 0 Å². The van der Waals surface area contributed by atoms with Crippen LogP contribution in [0.5, 0.6) is 0 Å². The Morgan fingerprint density at radius 3 is 2.42 bits per heavy atom. The number of nitrogens with two attached hydrogens (primary N) is 1. The maximum Gasteiger partial charge on any atom is 0.0583 e. The van der Waals surface area contributed by atoms with E-state index in [0.29, 0.717) is 0 Å². The van der Waals surface area contributed by atoms with Gasteiger partial charge in [-0.3, -0.25) is 0 Å². The summed E-state index contributed by atoms with van der Waals surface area (Å²) >= 11 is 1.67. The molecule has 0 amide bonds. The van der Waals surface area contributed by atoms with E-state index in [2.05, 4.69) is 12.1 Å². The smallest absolute Gasteiger partial charge is 0.0583 e. The average Bonchev–Trinajstić information content (AvgIpc) is 2.06. The maximum absolute atomic E-state index is 5.71. The standard InChI is InChI=1S/C9H12NS.ClH/c1-2-9(10)11-8-6-4-3-5-7-8;/h2-7,9H,10H2,1H3;1H/t9-;/m1./s1. The third-order valence-electron chi connectivity index (χ3n) is 1.34. The van der Waals surface area contributed by atoms with Crippen molar-refractivity contribution < 1.29 is 0 Å². The predicted molar refractivity (Wildman–Crippen MR) is 57.5 cm³/mol. The van der Waals surface area contributed by atoms with Crippen LogP contribution in [0.3, 0.4) is 0 Å². The SMILES string of the molecule is C[CH][C@H](N)Sc1ccccc1.Cl. The monoisotopic (exact) mass is 202 g/mol. The summed E-state index contributed by atoms with van der Waals surface area (Å²) in [6.45, 7) is 1.97. The summed E-state index contributed by atoms with van der Waals surface area (Å²) in [4.78, 5) is 1.22. The minimum Gasteiger partial charge on any atom is -0.319 e. The third-order valence-corrected chi connectivity index (χ3v) is 2.43. The Hall–Kier alpha value is -0.180. The number of thioether (sulfide) groups is 1. The minimum absolute atomic E-state index is 0. The molecule has 0 aromatic heterocycles. The van der Waals surface area contributed by atoms with Gasteiger partial charge < -0.3 is 5.73 Å². The van der Waals surface area contributed by atoms with Crippen LogP contribution in [-0.2, 0) is 0 Å². The molecule has 1 atom stereocenters. The molecule has 1 rings (SSSR count). The summed E-state index contributed by atoms with van der Waals surface area (Å²) in [6.07, 6.45) is 1.98. The number of hydrogen-bond donors (Lipinski definition) is 1. The van der Waals surface area contributed by atoms with E-state index in [-0.39, 0.29) is 17.8 Å². The van der Waals surface area contributed by atoms with Crippen LogP contribution in [0.15, 0.2) is 35.2 Å². The molecule has 1 radical (unpaired) electrons. The number of rotatable bonds is 3. The van der Waals surface area contributed by atoms with E-state index in [1.807, 2.05) is 31.5 Å². The Balaban J connectivity index is 0.00000121. The molecular weight excluding hydrogens is 190 g/mol. The lowest BCUT2D eigenvalue weighted by Crippen LogP contribution is -2.13. The van der Waals surface area contributed by atoms with Crippen molar-refractivity contribution in [3.63, 3.8) is 0 Å². The number of halogens is 1. The normalized spacial score (nSPS) is 11.8. The van der Waals surface area contributed by atoms with E-state index in [4.69, 9.17) is 5.73 Å². The first-order chi connectivity index (χ1) is 5.33. The first-order valence-corrected chi connectivity index (χ1v) is 4.47. The van der Waals surface area contributed by atoms with E-state index < -0.39 is 0 Å². The van der Waals surface area contributed by atoms with Crippen molar-refractivity contribution in [1.82, 2.24) is 0 Å². The lowest BCUT2D eigenvalue weighted by Gasteiger charge is -2.06. The van der Waals surface area contributed by atoms with Gasteiger partial charge in [0.2, 0.25) is 0 Å². The largest absolute Gasteiger partial charge is 0.319 e. The first-order valence-electron chi connectivity index (χ1n) is 3.59. The molecule has 12 heavy (non-hydrogen) atoms. The summed E-state index contributed by atoms with van der Waals surface area (Å²) in [5.74, 6) is 0. The zero-order chi connectivity index (χ0) is 8.10. The van der Waals surface area contributed by atoms with Crippen LogP contribution in [0.25, 0.3) is 0 Å². The predicted octanol–water partition coefficient (Wildman–Crippen LogP) is 2.71. The molecule has 0 unspecified atom stereocenters. The van der Waals surface area contributed by atoms with Gasteiger partial charge in [-0.15, -0.1) is 24.2 Å². The van der Waals surface area contributed by atoms with E-state index in [1.54, 1.807) is 11.8 Å². The van der Waals surface area contributed by atoms with Gasteiger partial charge in [0, 0.05) is 4.90 Å². The second-order valence-corrected chi connectivity index (χ2v) is 3.48. The third kappa shape index (κ3) is 4.00. The topological polar surface area (TPSA) is 26.0 Å². The van der Waals surface area contributed by atoms with Crippen molar-refractivity contribution in [1.29, 1.82) is 0 Å². The van der Waals surface area contributed by atoms with Gasteiger partial charge in [0.15, 0.2) is 0 Å². The van der Waals surface area contributed by atoms with Crippen LogP contribution in [0.2, 0.25) is 0 Å². The fourth-order valence-electron chi connectivity index (χ4n) is 0.724. The molecule has 0 aliphatic rings. The molecule has 0 heterocycles. The van der Waals surface area contributed by atoms with Crippen molar-refractivity contribution in [3.8, 4) is 0 Å². The molecular formula is C9H13ClNS. The summed E-state index contributed by atoms with van der Waals surface area (Å²) in [5, 5.41) is 0.109. The van der Waals surface area contributed by atoms with Gasteiger partial charge in [0.05, 0.1) is 5.37 Å². The Morgan fingerprint density at radius 1 is 1.33 bits per heavy atom. The second kappa shape index (κ2) is 6.35. The summed E-state index contributed by atoms with van der Waals surface area (Å²) < 4.78 is 0. The van der Waals surface area contributed by atoms with Crippen LogP contribution in [0, 0.1) is 6.42 Å². The second-order valence-electron chi connectivity index (χ2n) is 2.23. The Kier molecular flexibility index (Phi) is 6.25. The first kappa shape index (κ1) is 11.8. The zero-order valence-electron chi connectivity index (χ0n) is 6.94. The highest BCUT2D eigenvalue weighted by molar-refractivity contribution is 8.00. The van der Waals surface area contributed by atoms with Gasteiger partial charge in [-0.25, -0.2) is 0 Å². The van der Waals surface area contributed by atoms with Gasteiger partial charge in [-0.05, 0) is 18.6 Å². The van der Waals surface area contributed by atoms with Crippen molar-refractivity contribution in [2.75, 3.05) is 0 Å². The highest BCUT2D eigenvalue weighted by Crippen LogP contribution is 2.20. The molecule has 1 aromatic rings. The fraction of sp³-hybridized carbons (Fsp3) is 0.222. The molecule has 0 bridgehead atoms. The molecule has 67 valence electrons. The highest BCUT2D eigenvalue weighted by atomic mass is 35.5. The lowest BCUT2D eigenvalue weighted by molar-refractivity contribution is 1.05. The van der Waals surface area contributed by atoms with Gasteiger partial charge in [0.1, 0.15) is 0 Å². The molecule has 3 heteroatoms. The van der Waals surface area contributed by atoms with Gasteiger partial charge in [-0.2, -0.15) is 0 Å². The van der Waals surface area contributed by atoms with Crippen LogP contribution < -0.4 is 5.73 Å². The molecule has 0 aliphatic carbocycles. The Bertz CT molecular complexity index is 203. The zero-order valence-corrected chi connectivity index (χ0v) is 8.57. The average molecular weight is 203 g/mol. The minimum atomic E-state index is 0. The summed E-state index contributed by atoms with van der Waals surface area (Å²) in [7, 11) is 0. The highest BCUT2D eigenvalue weighted by Gasteiger charge is 1.99. The number of hydrogen-bond acceptors (Lipinski definition) is 2. The van der Waals surface area contributed by atoms with Crippen molar-refractivity contribution in [3.05, 3.63) is 36.8 Å². The van der Waals surface area contributed by atoms with E-state index in [1.165, 1.54) is 4.90 Å². The van der Waals surface area contributed by atoms with Crippen LogP contribution in [0.1, 0.15) is 6.92 Å². The molecule has 0 fully saturated rings. The van der Waals surface area contributed by atoms with E-state index in [0.717, 1.165) is 0 Å². The Morgan fingerprint density at radius 2 is 1.92 bits per heavy atom. The number of benzene rings is 1. The molecule has 1 aromatic carbocycles. The Labute approximate surface area is 84.1 Å². The van der Waals surface area contributed by atoms with E-state index in [9.17, 15) is 0 Å². The fourth-order valence-corrected chi connectivity index (χ4v) is 1.49.